The molecule has 1 aliphatic rings. The molecule has 0 spiro atoms. The Morgan fingerprint density at radius 2 is 2.11 bits per heavy atom. The third kappa shape index (κ3) is 5.67. The van der Waals surface area contributed by atoms with E-state index in [0.29, 0.717) is 16.6 Å². The number of rotatable bonds is 6. The van der Waals surface area contributed by atoms with Gasteiger partial charge in [0.25, 0.3) is 0 Å². The summed E-state index contributed by atoms with van der Waals surface area (Å²) in [6, 6.07) is 14.6. The fraction of sp³-hybridized carbons (Fsp3) is 0.158. The smallest absolute Gasteiger partial charge is 0.240 e. The van der Waals surface area contributed by atoms with Crippen LogP contribution in [0.1, 0.15) is 12.0 Å². The van der Waals surface area contributed by atoms with Crippen molar-refractivity contribution < 1.29 is 14.3 Å². The van der Waals surface area contributed by atoms with Gasteiger partial charge in [-0.05, 0) is 29.8 Å². The summed E-state index contributed by atoms with van der Waals surface area (Å²) in [5.41, 5.74) is 1.50. The third-order valence-corrected chi connectivity index (χ3v) is 5.33. The molecule has 1 heterocycles. The molecule has 9 heteroatoms. The number of nitrogens with one attached hydrogen (secondary N) is 2. The average Bonchev–Trinajstić information content (AvgIpc) is 3.02. The molecule has 28 heavy (non-hydrogen) atoms. The van der Waals surface area contributed by atoms with Crippen LogP contribution in [0.4, 0.5) is 5.69 Å². The number of benzene rings is 2. The number of methoxy groups -OCH3 is 1. The molecule has 3 rings (SSSR count). The maximum absolute atomic E-state index is 12.2. The molecule has 0 saturated carbocycles. The number of thioether (sulfide) groups is 1. The van der Waals surface area contributed by atoms with Crippen LogP contribution in [0.15, 0.2) is 63.2 Å². The van der Waals surface area contributed by atoms with Crippen molar-refractivity contribution in [2.24, 2.45) is 10.2 Å². The van der Waals surface area contributed by atoms with E-state index in [9.17, 15) is 9.59 Å². The number of anilines is 1. The van der Waals surface area contributed by atoms with E-state index in [4.69, 9.17) is 4.74 Å². The van der Waals surface area contributed by atoms with Gasteiger partial charge in [0.15, 0.2) is 5.17 Å². The summed E-state index contributed by atoms with van der Waals surface area (Å²) in [7, 11) is 1.56. The minimum Gasteiger partial charge on any atom is -0.497 e. The molecule has 1 fully saturated rings. The minimum absolute atomic E-state index is 0.0309. The standard InChI is InChI=1S/C19H17BrN4O3S/c1-27-15-4-2-3-14(9-15)22-17(25)10-16-18(26)23-19(28-16)24-21-11-12-5-7-13(20)8-6-12/h2-9,11,16H,10H2,1H3,(H,22,25)(H,23,24,26)/b21-11-/t16-/m1/s1. The Morgan fingerprint density at radius 3 is 2.86 bits per heavy atom. The number of carbonyl (C=O) groups is 2. The molecule has 144 valence electrons. The molecule has 2 amide bonds. The van der Waals surface area contributed by atoms with Crippen molar-refractivity contribution in [2.45, 2.75) is 11.7 Å². The fourth-order valence-corrected chi connectivity index (χ4v) is 3.55. The quantitative estimate of drug-likeness (QED) is 0.510. The number of amidine groups is 1. The summed E-state index contributed by atoms with van der Waals surface area (Å²) in [6.45, 7) is 0. The topological polar surface area (TPSA) is 92.2 Å². The predicted molar refractivity (Wildman–Crippen MR) is 115 cm³/mol. The van der Waals surface area contributed by atoms with Crippen LogP contribution in [-0.4, -0.2) is 35.6 Å². The zero-order chi connectivity index (χ0) is 19.9. The van der Waals surface area contributed by atoms with Crippen molar-refractivity contribution in [3.05, 3.63) is 58.6 Å². The zero-order valence-corrected chi connectivity index (χ0v) is 17.3. The van der Waals surface area contributed by atoms with Crippen LogP contribution in [-0.2, 0) is 9.59 Å². The van der Waals surface area contributed by atoms with Crippen LogP contribution < -0.4 is 15.4 Å². The summed E-state index contributed by atoms with van der Waals surface area (Å²) in [5, 5.41) is 13.2. The first kappa shape index (κ1) is 20.1. The van der Waals surface area contributed by atoms with E-state index in [1.165, 1.54) is 11.8 Å². The van der Waals surface area contributed by atoms with E-state index in [1.54, 1.807) is 37.6 Å². The van der Waals surface area contributed by atoms with E-state index >= 15 is 0 Å². The number of nitrogens with zero attached hydrogens (tertiary/aromatic N) is 2. The van der Waals surface area contributed by atoms with Gasteiger partial charge in [-0.25, -0.2) is 0 Å². The Kier molecular flexibility index (Phi) is 6.83. The van der Waals surface area contributed by atoms with Crippen molar-refractivity contribution in [1.82, 2.24) is 5.32 Å². The Bertz CT molecular complexity index is 931. The summed E-state index contributed by atoms with van der Waals surface area (Å²) in [4.78, 5) is 24.3. The van der Waals surface area contributed by atoms with Gasteiger partial charge in [-0.2, -0.15) is 5.10 Å². The molecule has 0 aliphatic carbocycles. The van der Waals surface area contributed by atoms with E-state index in [0.717, 1.165) is 10.0 Å². The molecule has 2 N–H and O–H groups in total. The maximum Gasteiger partial charge on any atom is 0.240 e. The van der Waals surface area contributed by atoms with Gasteiger partial charge in [0.2, 0.25) is 11.8 Å². The van der Waals surface area contributed by atoms with Gasteiger partial charge in [-0.15, -0.1) is 5.10 Å². The lowest BCUT2D eigenvalue weighted by Crippen LogP contribution is -2.28. The number of ether oxygens (including phenoxy) is 1. The first-order chi connectivity index (χ1) is 13.5. The van der Waals surface area contributed by atoms with Crippen LogP contribution in [0, 0.1) is 0 Å². The Balaban J connectivity index is 1.54. The van der Waals surface area contributed by atoms with Crippen molar-refractivity contribution in [2.75, 3.05) is 12.4 Å². The van der Waals surface area contributed by atoms with Gasteiger partial charge in [-0.3, -0.25) is 9.59 Å². The first-order valence-corrected chi connectivity index (χ1v) is 9.99. The second-order valence-electron chi connectivity index (χ2n) is 5.78. The number of amides is 2. The highest BCUT2D eigenvalue weighted by Crippen LogP contribution is 2.24. The Morgan fingerprint density at radius 1 is 1.32 bits per heavy atom. The molecule has 0 bridgehead atoms. The zero-order valence-electron chi connectivity index (χ0n) is 14.9. The van der Waals surface area contributed by atoms with Gasteiger partial charge in [0, 0.05) is 22.6 Å². The van der Waals surface area contributed by atoms with Crippen LogP contribution >= 0.6 is 27.7 Å². The molecule has 1 atom stereocenters. The minimum atomic E-state index is -0.549. The van der Waals surface area contributed by atoms with Gasteiger partial charge in [-0.1, -0.05) is 45.9 Å². The van der Waals surface area contributed by atoms with Crippen molar-refractivity contribution in [3.63, 3.8) is 0 Å². The Labute approximate surface area is 174 Å². The van der Waals surface area contributed by atoms with Crippen molar-refractivity contribution in [1.29, 1.82) is 0 Å². The van der Waals surface area contributed by atoms with Crippen LogP contribution in [0.5, 0.6) is 5.75 Å². The lowest BCUT2D eigenvalue weighted by Gasteiger charge is -2.08. The van der Waals surface area contributed by atoms with Crippen LogP contribution in [0.2, 0.25) is 0 Å². The van der Waals surface area contributed by atoms with E-state index in [1.807, 2.05) is 24.3 Å². The molecule has 7 nitrogen and oxygen atoms in total. The van der Waals surface area contributed by atoms with Crippen molar-refractivity contribution >= 4 is 56.6 Å². The van der Waals surface area contributed by atoms with Gasteiger partial charge in [0.1, 0.15) is 11.0 Å². The predicted octanol–water partition coefficient (Wildman–Crippen LogP) is 3.41. The average molecular weight is 461 g/mol. The molecule has 0 unspecified atom stereocenters. The second kappa shape index (κ2) is 9.52. The van der Waals surface area contributed by atoms with E-state index in [-0.39, 0.29) is 18.2 Å². The number of hydrogen-bond donors (Lipinski definition) is 2. The lowest BCUT2D eigenvalue weighted by atomic mass is 10.2. The number of carbonyl (C=O) groups excluding carboxylic acids is 2. The van der Waals surface area contributed by atoms with Crippen molar-refractivity contribution in [3.8, 4) is 5.75 Å². The highest BCUT2D eigenvalue weighted by atomic mass is 79.9. The van der Waals surface area contributed by atoms with Gasteiger partial charge in [0.05, 0.1) is 13.3 Å². The second-order valence-corrected chi connectivity index (χ2v) is 7.89. The van der Waals surface area contributed by atoms with Crippen LogP contribution in [0.25, 0.3) is 0 Å². The highest BCUT2D eigenvalue weighted by molar-refractivity contribution is 9.10. The van der Waals surface area contributed by atoms with Gasteiger partial charge < -0.3 is 15.4 Å². The first-order valence-electron chi connectivity index (χ1n) is 8.31. The summed E-state index contributed by atoms with van der Waals surface area (Å²) in [6.07, 6.45) is 1.62. The molecular weight excluding hydrogens is 444 g/mol. The summed E-state index contributed by atoms with van der Waals surface area (Å²) < 4.78 is 6.10. The Hall–Kier alpha value is -2.65. The van der Waals surface area contributed by atoms with Gasteiger partial charge >= 0.3 is 0 Å². The molecule has 2 aromatic rings. The molecule has 0 aromatic heterocycles. The molecule has 2 aromatic carbocycles. The largest absolute Gasteiger partial charge is 0.497 e. The molecular formula is C19H17BrN4O3S. The monoisotopic (exact) mass is 460 g/mol. The van der Waals surface area contributed by atoms with E-state index < -0.39 is 5.25 Å². The molecule has 1 aliphatic heterocycles. The van der Waals surface area contributed by atoms with Crippen LogP contribution in [0.3, 0.4) is 0 Å². The summed E-state index contributed by atoms with van der Waals surface area (Å²) in [5.74, 6) is 0.118. The maximum atomic E-state index is 12.2. The highest BCUT2D eigenvalue weighted by Gasteiger charge is 2.32. The summed E-state index contributed by atoms with van der Waals surface area (Å²) >= 11 is 4.55. The fourth-order valence-electron chi connectivity index (χ4n) is 2.36. The number of halogens is 1. The SMILES string of the molecule is COc1cccc(NC(=O)C[C@H]2S/C(=N/N=C\c3ccc(Br)cc3)NC2=O)c1. The molecule has 0 radical (unpaired) electrons. The lowest BCUT2D eigenvalue weighted by molar-refractivity contribution is -0.122. The van der Waals surface area contributed by atoms with E-state index in [2.05, 4.69) is 36.8 Å². The molecule has 1 saturated heterocycles. The third-order valence-electron chi connectivity index (χ3n) is 3.73. The normalized spacial score (nSPS) is 17.7. The number of hydrogen-bond acceptors (Lipinski definition) is 6.